The zero-order chi connectivity index (χ0) is 20.7. The molecule has 0 aliphatic heterocycles. The number of hydrogen-bond acceptors (Lipinski definition) is 7. The normalized spacial score (nSPS) is 10.1. The molecule has 0 aromatic heterocycles. The van der Waals surface area contributed by atoms with E-state index in [2.05, 4.69) is 5.32 Å². The second-order valence-corrected chi connectivity index (χ2v) is 5.91. The molecule has 0 aliphatic rings. The lowest BCUT2D eigenvalue weighted by atomic mass is 10.1. The van der Waals surface area contributed by atoms with Crippen molar-refractivity contribution < 1.29 is 24.0 Å². The van der Waals surface area contributed by atoms with Crippen molar-refractivity contribution in [3.05, 3.63) is 58.1 Å². The Hall–Kier alpha value is -3.62. The van der Waals surface area contributed by atoms with Gasteiger partial charge in [-0.2, -0.15) is 0 Å². The fourth-order valence-electron chi connectivity index (χ4n) is 2.44. The van der Waals surface area contributed by atoms with Crippen LogP contribution >= 0.6 is 0 Å². The largest absolute Gasteiger partial charge is 0.492 e. The zero-order valence-electron chi connectivity index (χ0n) is 15.8. The lowest BCUT2D eigenvalue weighted by molar-refractivity contribution is -0.384. The van der Waals surface area contributed by atoms with E-state index < -0.39 is 23.4 Å². The van der Waals surface area contributed by atoms with Crippen molar-refractivity contribution >= 4 is 28.9 Å². The molecule has 0 aliphatic carbocycles. The summed E-state index contributed by atoms with van der Waals surface area (Å²) in [6, 6.07) is 10.7. The van der Waals surface area contributed by atoms with Crippen molar-refractivity contribution in [3.63, 3.8) is 0 Å². The minimum absolute atomic E-state index is 0.00159. The number of carbonyl (C=O) groups excluding carboxylic acids is 2. The molecule has 0 fully saturated rings. The first-order chi connectivity index (χ1) is 13.3. The van der Waals surface area contributed by atoms with E-state index in [9.17, 15) is 19.7 Å². The number of nitro groups is 1. The van der Waals surface area contributed by atoms with Gasteiger partial charge in [0.1, 0.15) is 5.75 Å². The molecule has 28 heavy (non-hydrogen) atoms. The van der Waals surface area contributed by atoms with E-state index in [-0.39, 0.29) is 11.3 Å². The summed E-state index contributed by atoms with van der Waals surface area (Å²) in [7, 11) is 3.38. The summed E-state index contributed by atoms with van der Waals surface area (Å²) in [6.07, 6.45) is 0. The third-order valence-electron chi connectivity index (χ3n) is 3.69. The number of benzene rings is 2. The Morgan fingerprint density at radius 1 is 1.18 bits per heavy atom. The van der Waals surface area contributed by atoms with E-state index in [1.807, 2.05) is 6.92 Å². The molecule has 9 heteroatoms. The maximum Gasteiger partial charge on any atom is 0.341 e. The summed E-state index contributed by atoms with van der Waals surface area (Å²) in [5.74, 6) is -0.892. The number of nitro benzene ring substituents is 1. The average Bonchev–Trinajstić information content (AvgIpc) is 2.67. The molecular weight excluding hydrogens is 366 g/mol. The number of ether oxygens (including phenoxy) is 2. The molecule has 0 heterocycles. The first-order valence-electron chi connectivity index (χ1n) is 8.48. The lowest BCUT2D eigenvalue weighted by Crippen LogP contribution is -2.22. The van der Waals surface area contributed by atoms with Crippen molar-refractivity contribution in [1.82, 2.24) is 0 Å². The smallest absolute Gasteiger partial charge is 0.341 e. The number of esters is 1. The van der Waals surface area contributed by atoms with Gasteiger partial charge in [-0.05, 0) is 25.1 Å². The SMILES string of the molecule is CCOc1ccccc1NC(=O)COC(=O)c1cc([N+](=O)[O-])ccc1N(C)C. The third-order valence-corrected chi connectivity index (χ3v) is 3.69. The highest BCUT2D eigenvalue weighted by atomic mass is 16.6. The van der Waals surface area contributed by atoms with Crippen LogP contribution in [0.15, 0.2) is 42.5 Å². The monoisotopic (exact) mass is 387 g/mol. The molecule has 0 saturated carbocycles. The van der Waals surface area contributed by atoms with Crippen molar-refractivity contribution in [2.45, 2.75) is 6.92 Å². The molecule has 0 radical (unpaired) electrons. The second-order valence-electron chi connectivity index (χ2n) is 5.91. The highest BCUT2D eigenvalue weighted by molar-refractivity contribution is 5.99. The Balaban J connectivity index is 2.08. The molecule has 0 spiro atoms. The van der Waals surface area contributed by atoms with E-state index in [0.717, 1.165) is 6.07 Å². The van der Waals surface area contributed by atoms with Crippen LogP contribution in [0.1, 0.15) is 17.3 Å². The number of nitrogens with one attached hydrogen (secondary N) is 1. The van der Waals surface area contributed by atoms with E-state index in [4.69, 9.17) is 9.47 Å². The third kappa shape index (κ3) is 5.19. The molecule has 2 aromatic rings. The van der Waals surface area contributed by atoms with Crippen LogP contribution in [0.3, 0.4) is 0 Å². The molecule has 1 amide bonds. The Morgan fingerprint density at radius 2 is 1.89 bits per heavy atom. The van der Waals surface area contributed by atoms with Gasteiger partial charge in [0.25, 0.3) is 11.6 Å². The summed E-state index contributed by atoms with van der Waals surface area (Å²) in [6.45, 7) is 1.71. The summed E-state index contributed by atoms with van der Waals surface area (Å²) in [5.41, 5.74) is 0.654. The van der Waals surface area contributed by atoms with Crippen LogP contribution in [0.4, 0.5) is 17.1 Å². The van der Waals surface area contributed by atoms with Gasteiger partial charge in [-0.15, -0.1) is 0 Å². The summed E-state index contributed by atoms with van der Waals surface area (Å²) >= 11 is 0. The van der Waals surface area contributed by atoms with Gasteiger partial charge in [-0.1, -0.05) is 12.1 Å². The number of non-ortho nitro benzene ring substituents is 1. The van der Waals surface area contributed by atoms with Gasteiger partial charge < -0.3 is 19.7 Å². The fraction of sp³-hybridized carbons (Fsp3) is 0.263. The van der Waals surface area contributed by atoms with Crippen LogP contribution in [0.25, 0.3) is 0 Å². The molecule has 0 atom stereocenters. The zero-order valence-corrected chi connectivity index (χ0v) is 15.8. The Kier molecular flexibility index (Phi) is 6.91. The molecule has 1 N–H and O–H groups in total. The average molecular weight is 387 g/mol. The highest BCUT2D eigenvalue weighted by Gasteiger charge is 2.20. The predicted molar refractivity (Wildman–Crippen MR) is 104 cm³/mol. The number of carbonyl (C=O) groups is 2. The van der Waals surface area contributed by atoms with Crippen molar-refractivity contribution in [3.8, 4) is 5.75 Å². The van der Waals surface area contributed by atoms with Crippen molar-refractivity contribution in [1.29, 1.82) is 0 Å². The van der Waals surface area contributed by atoms with Gasteiger partial charge in [0.2, 0.25) is 0 Å². The highest BCUT2D eigenvalue weighted by Crippen LogP contribution is 2.25. The predicted octanol–water partition coefficient (Wildman–Crippen LogP) is 2.86. The van der Waals surface area contributed by atoms with Gasteiger partial charge in [0.05, 0.1) is 28.5 Å². The van der Waals surface area contributed by atoms with Crippen LogP contribution in [0.2, 0.25) is 0 Å². The number of hydrogen-bond donors (Lipinski definition) is 1. The Bertz CT molecular complexity index is 882. The quantitative estimate of drug-likeness (QED) is 0.421. The maximum absolute atomic E-state index is 12.4. The van der Waals surface area contributed by atoms with Crippen LogP contribution in [0, 0.1) is 10.1 Å². The minimum Gasteiger partial charge on any atom is -0.492 e. The van der Waals surface area contributed by atoms with Crippen molar-refractivity contribution in [2.24, 2.45) is 0 Å². The van der Waals surface area contributed by atoms with Gasteiger partial charge in [-0.3, -0.25) is 14.9 Å². The number of anilines is 2. The maximum atomic E-state index is 12.4. The molecule has 0 bridgehead atoms. The second kappa shape index (κ2) is 9.36. The molecule has 2 rings (SSSR count). The number of amides is 1. The van der Waals surface area contributed by atoms with Crippen molar-refractivity contribution in [2.75, 3.05) is 37.5 Å². The first-order valence-corrected chi connectivity index (χ1v) is 8.48. The Morgan fingerprint density at radius 3 is 2.54 bits per heavy atom. The number of nitrogens with zero attached hydrogens (tertiary/aromatic N) is 2. The van der Waals surface area contributed by atoms with Crippen LogP contribution in [0.5, 0.6) is 5.75 Å². The molecule has 148 valence electrons. The minimum atomic E-state index is -0.833. The van der Waals surface area contributed by atoms with E-state index in [1.165, 1.54) is 12.1 Å². The van der Waals surface area contributed by atoms with E-state index in [1.54, 1.807) is 43.3 Å². The lowest BCUT2D eigenvalue weighted by Gasteiger charge is -2.16. The van der Waals surface area contributed by atoms with E-state index in [0.29, 0.717) is 23.7 Å². The number of rotatable bonds is 8. The fourth-order valence-corrected chi connectivity index (χ4v) is 2.44. The summed E-state index contributed by atoms with van der Waals surface area (Å²) < 4.78 is 10.5. The molecular formula is C19H21N3O6. The van der Waals surface area contributed by atoms with E-state index >= 15 is 0 Å². The molecule has 9 nitrogen and oxygen atoms in total. The number of para-hydroxylation sites is 2. The van der Waals surface area contributed by atoms with Crippen LogP contribution < -0.4 is 15.0 Å². The summed E-state index contributed by atoms with van der Waals surface area (Å²) in [5, 5.41) is 13.6. The van der Waals surface area contributed by atoms with Gasteiger partial charge >= 0.3 is 5.97 Å². The molecule has 0 saturated heterocycles. The topological polar surface area (TPSA) is 111 Å². The van der Waals surface area contributed by atoms with Crippen LogP contribution in [-0.2, 0) is 9.53 Å². The molecule has 2 aromatic carbocycles. The first kappa shape index (κ1) is 20.7. The van der Waals surface area contributed by atoms with Crippen LogP contribution in [-0.4, -0.2) is 44.1 Å². The molecule has 0 unspecified atom stereocenters. The van der Waals surface area contributed by atoms with Gasteiger partial charge in [0.15, 0.2) is 6.61 Å². The van der Waals surface area contributed by atoms with Gasteiger partial charge in [-0.25, -0.2) is 4.79 Å². The van der Waals surface area contributed by atoms with Gasteiger partial charge in [0, 0.05) is 26.2 Å². The summed E-state index contributed by atoms with van der Waals surface area (Å²) in [4.78, 5) is 36.5. The standard InChI is InChI=1S/C19H21N3O6/c1-4-27-17-8-6-5-7-15(17)20-18(23)12-28-19(24)14-11-13(22(25)26)9-10-16(14)21(2)3/h5-11H,4,12H2,1-3H3,(H,20,23). The Labute approximate surface area is 162 Å².